The maximum Gasteiger partial charge on any atom is 0.128 e. The SMILES string of the molecule is CN1CCCN(c2cc(CNC3CC3)c(Cl)cn2)CC1. The van der Waals surface area contributed by atoms with Crippen LogP contribution >= 0.6 is 11.6 Å². The molecule has 2 aliphatic rings. The van der Waals surface area contributed by atoms with Gasteiger partial charge in [0.05, 0.1) is 5.02 Å². The Morgan fingerprint density at radius 2 is 2.15 bits per heavy atom. The number of hydrogen-bond donors (Lipinski definition) is 1. The van der Waals surface area contributed by atoms with Crippen molar-refractivity contribution in [2.45, 2.75) is 31.8 Å². The summed E-state index contributed by atoms with van der Waals surface area (Å²) in [6, 6.07) is 2.86. The molecule has 0 amide bonds. The van der Waals surface area contributed by atoms with E-state index in [-0.39, 0.29) is 0 Å². The fourth-order valence-corrected chi connectivity index (χ4v) is 2.76. The summed E-state index contributed by atoms with van der Waals surface area (Å²) in [5.41, 5.74) is 1.17. The van der Waals surface area contributed by atoms with Gasteiger partial charge in [-0.1, -0.05) is 11.6 Å². The van der Waals surface area contributed by atoms with Crippen LogP contribution in [0, 0.1) is 0 Å². The molecule has 0 atom stereocenters. The first kappa shape index (κ1) is 14.1. The Kier molecular flexibility index (Phi) is 4.44. The van der Waals surface area contributed by atoms with Gasteiger partial charge in [-0.25, -0.2) is 4.98 Å². The first-order valence-corrected chi connectivity index (χ1v) is 7.91. The fourth-order valence-electron chi connectivity index (χ4n) is 2.59. The summed E-state index contributed by atoms with van der Waals surface area (Å²) in [5, 5.41) is 4.30. The highest BCUT2D eigenvalue weighted by molar-refractivity contribution is 6.31. The van der Waals surface area contributed by atoms with E-state index in [1.165, 1.54) is 31.4 Å². The number of halogens is 1. The van der Waals surface area contributed by atoms with Gasteiger partial charge >= 0.3 is 0 Å². The highest BCUT2D eigenvalue weighted by atomic mass is 35.5. The normalized spacial score (nSPS) is 21.0. The van der Waals surface area contributed by atoms with Crippen LogP contribution in [-0.4, -0.2) is 49.2 Å². The Labute approximate surface area is 126 Å². The summed E-state index contributed by atoms with van der Waals surface area (Å²) in [4.78, 5) is 9.28. The maximum absolute atomic E-state index is 6.27. The molecular weight excluding hydrogens is 272 g/mol. The highest BCUT2D eigenvalue weighted by Crippen LogP contribution is 2.24. The molecule has 0 spiro atoms. The van der Waals surface area contributed by atoms with Crippen molar-refractivity contribution in [3.8, 4) is 0 Å². The molecule has 2 fully saturated rings. The molecule has 5 heteroatoms. The van der Waals surface area contributed by atoms with Crippen molar-refractivity contribution >= 4 is 17.4 Å². The number of nitrogens with zero attached hydrogens (tertiary/aromatic N) is 3. The number of pyridine rings is 1. The third-order valence-electron chi connectivity index (χ3n) is 4.12. The molecule has 20 heavy (non-hydrogen) atoms. The van der Waals surface area contributed by atoms with Gasteiger partial charge in [-0.2, -0.15) is 0 Å². The minimum Gasteiger partial charge on any atom is -0.355 e. The van der Waals surface area contributed by atoms with E-state index in [1.807, 2.05) is 0 Å². The first-order chi connectivity index (χ1) is 9.72. The minimum atomic E-state index is 0.703. The molecule has 0 bridgehead atoms. The molecule has 0 aromatic carbocycles. The van der Waals surface area contributed by atoms with Crippen LogP contribution in [0.2, 0.25) is 5.02 Å². The van der Waals surface area contributed by atoms with Crippen LogP contribution in [-0.2, 0) is 6.54 Å². The standard InChI is InChI=1S/C15H23ClN4/c1-19-5-2-6-20(8-7-19)15-9-12(14(16)11-18-15)10-17-13-3-4-13/h9,11,13,17H,2-8,10H2,1H3. The second-order valence-electron chi connectivity index (χ2n) is 5.93. The highest BCUT2D eigenvalue weighted by Gasteiger charge is 2.21. The van der Waals surface area contributed by atoms with E-state index in [1.54, 1.807) is 6.20 Å². The lowest BCUT2D eigenvalue weighted by atomic mass is 10.2. The van der Waals surface area contributed by atoms with Gasteiger partial charge in [0.15, 0.2) is 0 Å². The second-order valence-corrected chi connectivity index (χ2v) is 6.34. The van der Waals surface area contributed by atoms with Gasteiger partial charge in [-0.05, 0) is 44.5 Å². The van der Waals surface area contributed by atoms with Crippen LogP contribution in [0.15, 0.2) is 12.3 Å². The lowest BCUT2D eigenvalue weighted by Gasteiger charge is -2.22. The predicted molar refractivity (Wildman–Crippen MR) is 83.4 cm³/mol. The van der Waals surface area contributed by atoms with Crippen molar-refractivity contribution in [3.05, 3.63) is 22.8 Å². The van der Waals surface area contributed by atoms with E-state index >= 15 is 0 Å². The monoisotopic (exact) mass is 294 g/mol. The van der Waals surface area contributed by atoms with Gasteiger partial charge in [0.25, 0.3) is 0 Å². The average molecular weight is 295 g/mol. The van der Waals surface area contributed by atoms with Crippen LogP contribution in [0.3, 0.4) is 0 Å². The molecule has 4 nitrogen and oxygen atoms in total. The third kappa shape index (κ3) is 3.62. The fraction of sp³-hybridized carbons (Fsp3) is 0.667. The third-order valence-corrected chi connectivity index (χ3v) is 4.46. The quantitative estimate of drug-likeness (QED) is 0.922. The smallest absolute Gasteiger partial charge is 0.128 e. The molecular formula is C15H23ClN4. The number of hydrogen-bond acceptors (Lipinski definition) is 4. The minimum absolute atomic E-state index is 0.703. The summed E-state index contributed by atoms with van der Waals surface area (Å²) in [6.07, 6.45) is 5.59. The maximum atomic E-state index is 6.27. The number of likely N-dealkylation sites (N-methyl/N-ethyl adjacent to an activating group) is 1. The zero-order valence-electron chi connectivity index (χ0n) is 12.1. The van der Waals surface area contributed by atoms with Crippen molar-refractivity contribution in [2.24, 2.45) is 0 Å². The van der Waals surface area contributed by atoms with E-state index in [0.717, 1.165) is 37.0 Å². The van der Waals surface area contributed by atoms with Crippen molar-refractivity contribution in [3.63, 3.8) is 0 Å². The van der Waals surface area contributed by atoms with Crippen molar-refractivity contribution in [2.75, 3.05) is 38.1 Å². The summed E-state index contributed by atoms with van der Waals surface area (Å²) in [5.74, 6) is 1.07. The largest absolute Gasteiger partial charge is 0.355 e. The molecule has 3 rings (SSSR count). The lowest BCUT2D eigenvalue weighted by molar-refractivity contribution is 0.360. The van der Waals surface area contributed by atoms with Crippen molar-refractivity contribution in [1.82, 2.24) is 15.2 Å². The van der Waals surface area contributed by atoms with Crippen molar-refractivity contribution in [1.29, 1.82) is 0 Å². The first-order valence-electron chi connectivity index (χ1n) is 7.53. The number of aromatic nitrogens is 1. The molecule has 0 unspecified atom stereocenters. The summed E-state index contributed by atoms with van der Waals surface area (Å²) in [6.45, 7) is 5.24. The zero-order valence-corrected chi connectivity index (χ0v) is 12.9. The Bertz CT molecular complexity index is 461. The van der Waals surface area contributed by atoms with Gasteiger partial charge in [0, 0.05) is 38.4 Å². The molecule has 1 N–H and O–H groups in total. The Morgan fingerprint density at radius 1 is 1.30 bits per heavy atom. The van der Waals surface area contributed by atoms with E-state index in [9.17, 15) is 0 Å². The van der Waals surface area contributed by atoms with E-state index in [0.29, 0.717) is 6.04 Å². The molecule has 0 radical (unpaired) electrons. The average Bonchev–Trinajstić information content (AvgIpc) is 3.26. The van der Waals surface area contributed by atoms with Gasteiger partial charge in [-0.15, -0.1) is 0 Å². The van der Waals surface area contributed by atoms with Crippen LogP contribution < -0.4 is 10.2 Å². The zero-order chi connectivity index (χ0) is 13.9. The van der Waals surface area contributed by atoms with Gasteiger partial charge in [-0.3, -0.25) is 0 Å². The number of nitrogens with one attached hydrogen (secondary N) is 1. The van der Waals surface area contributed by atoms with Gasteiger partial charge in [0.2, 0.25) is 0 Å². The van der Waals surface area contributed by atoms with Gasteiger partial charge in [0.1, 0.15) is 5.82 Å². The molecule has 1 saturated heterocycles. The summed E-state index contributed by atoms with van der Waals surface area (Å²) >= 11 is 6.27. The summed E-state index contributed by atoms with van der Waals surface area (Å²) < 4.78 is 0. The van der Waals surface area contributed by atoms with Crippen LogP contribution in [0.25, 0.3) is 0 Å². The van der Waals surface area contributed by atoms with E-state index in [2.05, 4.69) is 33.2 Å². The van der Waals surface area contributed by atoms with E-state index in [4.69, 9.17) is 11.6 Å². The van der Waals surface area contributed by atoms with Crippen molar-refractivity contribution < 1.29 is 0 Å². The molecule has 110 valence electrons. The number of rotatable bonds is 4. The lowest BCUT2D eigenvalue weighted by Crippen LogP contribution is -2.29. The Morgan fingerprint density at radius 3 is 2.95 bits per heavy atom. The molecule has 1 aromatic heterocycles. The van der Waals surface area contributed by atoms with Crippen LogP contribution in [0.1, 0.15) is 24.8 Å². The molecule has 1 aromatic rings. The molecule has 2 heterocycles. The molecule has 1 saturated carbocycles. The van der Waals surface area contributed by atoms with E-state index < -0.39 is 0 Å². The molecule has 1 aliphatic carbocycles. The number of anilines is 1. The summed E-state index contributed by atoms with van der Waals surface area (Å²) in [7, 11) is 2.18. The predicted octanol–water partition coefficient (Wildman–Crippen LogP) is 2.13. The Hall–Kier alpha value is -0.840. The Balaban J connectivity index is 1.69. The van der Waals surface area contributed by atoms with Crippen LogP contribution in [0.4, 0.5) is 5.82 Å². The van der Waals surface area contributed by atoms with Gasteiger partial charge < -0.3 is 15.1 Å². The molecule has 1 aliphatic heterocycles. The topological polar surface area (TPSA) is 31.4 Å². The van der Waals surface area contributed by atoms with Crippen LogP contribution in [0.5, 0.6) is 0 Å². The second kappa shape index (κ2) is 6.29.